The molecule has 0 unspecified atom stereocenters. The molecule has 0 radical (unpaired) electrons. The highest BCUT2D eigenvalue weighted by molar-refractivity contribution is 8.76. The number of pyridine rings is 1. The zero-order valence-corrected chi connectivity index (χ0v) is 24.7. The van der Waals surface area contributed by atoms with Crippen molar-refractivity contribution in [1.29, 1.82) is 0 Å². The monoisotopic (exact) mass is 572 g/mol. The lowest BCUT2D eigenvalue weighted by atomic mass is 9.80. The van der Waals surface area contributed by atoms with Crippen molar-refractivity contribution in [1.82, 2.24) is 9.97 Å². The highest BCUT2D eigenvalue weighted by atomic mass is 35.5. The van der Waals surface area contributed by atoms with Gasteiger partial charge in [0, 0.05) is 27.4 Å². The molecule has 1 aliphatic rings. The first-order valence-corrected chi connectivity index (χ1v) is 14.9. The largest absolute Gasteiger partial charge is 0.496 e. The van der Waals surface area contributed by atoms with Crippen LogP contribution in [0.2, 0.25) is 10.0 Å². The fourth-order valence-corrected chi connectivity index (χ4v) is 7.72. The van der Waals surface area contributed by atoms with Gasteiger partial charge < -0.3 is 4.74 Å². The molecule has 4 aromatic rings. The Balaban J connectivity index is 1.52. The van der Waals surface area contributed by atoms with Crippen LogP contribution in [0.5, 0.6) is 5.75 Å². The molecular formula is C28H28Cl2N3O2S2+. The molecule has 0 atom stereocenters. The molecule has 0 saturated carbocycles. The summed E-state index contributed by atoms with van der Waals surface area (Å²) in [6.07, 6.45) is 1.98. The van der Waals surface area contributed by atoms with E-state index in [9.17, 15) is 4.79 Å². The Kier molecular flexibility index (Phi) is 6.80. The molecule has 1 N–H and O–H groups in total. The van der Waals surface area contributed by atoms with Gasteiger partial charge in [0.05, 0.1) is 29.1 Å². The Bertz CT molecular complexity index is 1510. The summed E-state index contributed by atoms with van der Waals surface area (Å²) >= 11 is 12.3. The molecule has 192 valence electrons. The number of fused-ring (bicyclic) bond motifs is 2. The van der Waals surface area contributed by atoms with E-state index >= 15 is 0 Å². The second-order valence-corrected chi connectivity index (χ2v) is 13.5. The summed E-state index contributed by atoms with van der Waals surface area (Å²) in [4.78, 5) is 22.6. The van der Waals surface area contributed by atoms with Gasteiger partial charge in [-0.2, -0.15) is 0 Å². The van der Waals surface area contributed by atoms with Crippen molar-refractivity contribution in [3.63, 3.8) is 0 Å². The standard InChI is InChI=1S/C28H28Cl2N3O2S2/c1-15-23(14-36-37-16-7-8-19(29)20(30)11-16)33(10-9-24(15)35-6)26-31-21-12-17-18(13-22(21)32-26)28(4,5)25(34)27(17,2)3/h7-13H,14H2,1-6H3,(H,31,32)/q+1. The Labute approximate surface area is 234 Å². The first-order valence-electron chi connectivity index (χ1n) is 11.9. The number of rotatable bonds is 6. The quantitative estimate of drug-likeness (QED) is 0.191. The van der Waals surface area contributed by atoms with E-state index in [2.05, 4.69) is 28.6 Å². The normalized spacial score (nSPS) is 15.8. The van der Waals surface area contributed by atoms with Gasteiger partial charge in [-0.25, -0.2) is 9.55 Å². The topological polar surface area (TPSA) is 58.9 Å². The Morgan fingerprint density at radius 3 is 2.41 bits per heavy atom. The Hall–Kier alpha value is -2.19. The highest BCUT2D eigenvalue weighted by Gasteiger charge is 2.50. The molecular weight excluding hydrogens is 545 g/mol. The van der Waals surface area contributed by atoms with Gasteiger partial charge in [0.2, 0.25) is 0 Å². The molecule has 9 heteroatoms. The van der Waals surface area contributed by atoms with Crippen LogP contribution in [-0.2, 0) is 21.4 Å². The third-order valence-corrected chi connectivity index (χ3v) is 10.2. The summed E-state index contributed by atoms with van der Waals surface area (Å²) < 4.78 is 7.69. The van der Waals surface area contributed by atoms with Gasteiger partial charge in [0.25, 0.3) is 0 Å². The molecule has 0 aliphatic heterocycles. The maximum Gasteiger partial charge on any atom is 0.402 e. The predicted octanol–water partition coefficient (Wildman–Crippen LogP) is 7.54. The molecule has 0 spiro atoms. The number of carbonyl (C=O) groups excluding carboxylic acids is 1. The zero-order valence-electron chi connectivity index (χ0n) is 21.5. The Morgan fingerprint density at radius 2 is 1.73 bits per heavy atom. The third-order valence-electron chi connectivity index (χ3n) is 7.25. The van der Waals surface area contributed by atoms with Gasteiger partial charge in [-0.05, 0) is 76.1 Å². The number of ether oxygens (including phenoxy) is 1. The maximum atomic E-state index is 13.1. The number of H-pyrrole nitrogens is 1. The summed E-state index contributed by atoms with van der Waals surface area (Å²) in [5, 5.41) is 1.09. The van der Waals surface area contributed by atoms with Crippen molar-refractivity contribution < 1.29 is 14.1 Å². The number of methoxy groups -OCH3 is 1. The van der Waals surface area contributed by atoms with Gasteiger partial charge in [-0.15, -0.1) is 0 Å². The van der Waals surface area contributed by atoms with E-state index in [1.165, 1.54) is 0 Å². The van der Waals surface area contributed by atoms with E-state index in [1.807, 2.05) is 58.2 Å². The number of aromatic nitrogens is 3. The summed E-state index contributed by atoms with van der Waals surface area (Å²) in [7, 11) is 5.02. The number of nitrogens with one attached hydrogen (secondary N) is 1. The number of ketones is 1. The molecule has 2 aromatic carbocycles. The van der Waals surface area contributed by atoms with Crippen LogP contribution in [0.1, 0.15) is 50.1 Å². The number of hydrogen-bond donors (Lipinski definition) is 1. The summed E-state index contributed by atoms with van der Waals surface area (Å²) in [5.41, 5.74) is 4.91. The average molecular weight is 574 g/mol. The molecule has 5 rings (SSSR count). The number of hydrogen-bond acceptors (Lipinski definition) is 5. The van der Waals surface area contributed by atoms with E-state index in [0.717, 1.165) is 50.0 Å². The number of aromatic amines is 1. The van der Waals surface area contributed by atoms with Crippen molar-refractivity contribution in [2.45, 2.75) is 56.1 Å². The lowest BCUT2D eigenvalue weighted by Crippen LogP contribution is -2.37. The van der Waals surface area contributed by atoms with Gasteiger partial charge >= 0.3 is 5.95 Å². The van der Waals surface area contributed by atoms with Crippen molar-refractivity contribution in [3.8, 4) is 11.7 Å². The average Bonchev–Trinajstić information content (AvgIpc) is 3.33. The smallest absolute Gasteiger partial charge is 0.402 e. The second-order valence-electron chi connectivity index (χ2n) is 10.3. The van der Waals surface area contributed by atoms with Gasteiger partial charge in [0.15, 0.2) is 11.3 Å². The number of halogens is 2. The fraction of sp³-hybridized carbons (Fsp3) is 0.321. The van der Waals surface area contributed by atoms with Crippen LogP contribution in [-0.4, -0.2) is 22.9 Å². The molecule has 1 aliphatic carbocycles. The third kappa shape index (κ3) is 4.44. The van der Waals surface area contributed by atoms with Crippen molar-refractivity contribution in [3.05, 3.63) is 75.0 Å². The van der Waals surface area contributed by atoms with Crippen molar-refractivity contribution in [2.75, 3.05) is 7.11 Å². The lowest BCUT2D eigenvalue weighted by molar-refractivity contribution is -0.610. The molecule has 0 bridgehead atoms. The molecule has 2 aromatic heterocycles. The molecule has 37 heavy (non-hydrogen) atoms. The van der Waals surface area contributed by atoms with E-state index in [4.69, 9.17) is 32.9 Å². The fourth-order valence-electron chi connectivity index (χ4n) is 5.18. The van der Waals surface area contributed by atoms with Crippen LogP contribution < -0.4 is 9.30 Å². The van der Waals surface area contributed by atoms with Gasteiger partial charge in [-0.1, -0.05) is 49.8 Å². The summed E-state index contributed by atoms with van der Waals surface area (Å²) in [6, 6.07) is 11.8. The maximum absolute atomic E-state index is 13.1. The van der Waals surface area contributed by atoms with E-state index in [-0.39, 0.29) is 5.78 Å². The molecule has 0 fully saturated rings. The van der Waals surface area contributed by atoms with Crippen molar-refractivity contribution in [2.24, 2.45) is 0 Å². The minimum absolute atomic E-state index is 0.238. The van der Waals surface area contributed by atoms with Crippen molar-refractivity contribution >= 4 is 61.6 Å². The second kappa shape index (κ2) is 9.53. The van der Waals surface area contributed by atoms with E-state index in [1.54, 1.807) is 28.7 Å². The van der Waals surface area contributed by atoms with Crippen LogP contribution in [0.25, 0.3) is 17.0 Å². The van der Waals surface area contributed by atoms with E-state index in [0.29, 0.717) is 15.8 Å². The van der Waals surface area contributed by atoms with Gasteiger partial charge in [0.1, 0.15) is 17.0 Å². The van der Waals surface area contributed by atoms with Crippen LogP contribution in [0.15, 0.2) is 47.5 Å². The van der Waals surface area contributed by atoms with Crippen LogP contribution in [0, 0.1) is 6.92 Å². The molecule has 2 heterocycles. The molecule has 0 saturated heterocycles. The SMILES string of the molecule is COc1cc[n+](-c2nc3cc4c(cc3[nH]2)C(C)(C)C(=O)C4(C)C)c(CSSc2ccc(Cl)c(Cl)c2)c1C. The Morgan fingerprint density at radius 1 is 1.03 bits per heavy atom. The number of nitrogens with zero attached hydrogens (tertiary/aromatic N) is 2. The van der Waals surface area contributed by atoms with Crippen LogP contribution >= 0.6 is 44.8 Å². The predicted molar refractivity (Wildman–Crippen MR) is 154 cm³/mol. The minimum Gasteiger partial charge on any atom is -0.496 e. The lowest BCUT2D eigenvalue weighted by Gasteiger charge is -2.21. The first-order chi connectivity index (χ1) is 17.4. The summed E-state index contributed by atoms with van der Waals surface area (Å²) in [5.74, 6) is 2.49. The van der Waals surface area contributed by atoms with Gasteiger partial charge in [-0.3, -0.25) is 4.79 Å². The van der Waals surface area contributed by atoms with Crippen LogP contribution in [0.3, 0.4) is 0 Å². The first kappa shape index (κ1) is 26.4. The number of carbonyl (C=O) groups is 1. The zero-order chi connectivity index (χ0) is 26.7. The van der Waals surface area contributed by atoms with Crippen LogP contribution in [0.4, 0.5) is 0 Å². The molecule has 0 amide bonds. The summed E-state index contributed by atoms with van der Waals surface area (Å²) in [6.45, 7) is 10.1. The highest BCUT2D eigenvalue weighted by Crippen LogP contribution is 2.47. The number of Topliss-reactive ketones (excluding diaryl/α,β-unsaturated/α-hetero) is 1. The number of benzene rings is 2. The number of imidazole rings is 1. The molecule has 5 nitrogen and oxygen atoms in total. The van der Waals surface area contributed by atoms with E-state index < -0.39 is 10.8 Å². The minimum atomic E-state index is -0.542.